The summed E-state index contributed by atoms with van der Waals surface area (Å²) >= 11 is 3.31. The maximum Gasteiger partial charge on any atom is 0.255 e. The van der Waals surface area contributed by atoms with Crippen LogP contribution in [0.2, 0.25) is 0 Å². The molecule has 30 heavy (non-hydrogen) atoms. The minimum Gasteiger partial charge on any atom is -0.495 e. The van der Waals surface area contributed by atoms with Crippen molar-refractivity contribution in [3.05, 3.63) is 35.9 Å². The molecule has 0 radical (unpaired) electrons. The molecule has 9 heteroatoms. The number of hydrogen-bond donors (Lipinski definition) is 2. The maximum absolute atomic E-state index is 12.8. The van der Waals surface area contributed by atoms with Crippen molar-refractivity contribution >= 4 is 39.1 Å². The molecular formula is C21H25BrN2O6. The minimum absolute atomic E-state index is 0.224. The van der Waals surface area contributed by atoms with Gasteiger partial charge in [-0.2, -0.15) is 0 Å². The minimum atomic E-state index is -0.381. The number of nitrogens with one attached hydrogen (secondary N) is 2. The summed E-state index contributed by atoms with van der Waals surface area (Å²) in [5.74, 6) is 1.10. The van der Waals surface area contributed by atoms with Gasteiger partial charge < -0.3 is 29.6 Å². The predicted octanol–water partition coefficient (Wildman–Crippen LogP) is 4.09. The number of halogens is 1. The molecule has 2 N–H and O–H groups in total. The number of methoxy groups -OCH3 is 4. The molecule has 0 aliphatic carbocycles. The number of rotatable bonds is 9. The quantitative estimate of drug-likeness (QED) is 0.524. The first-order valence-corrected chi connectivity index (χ1v) is 10.0. The summed E-state index contributed by atoms with van der Waals surface area (Å²) in [6.07, 6.45) is 0.620. The number of hydrogen-bond acceptors (Lipinski definition) is 6. The van der Waals surface area contributed by atoms with Crippen molar-refractivity contribution in [2.45, 2.75) is 18.2 Å². The largest absolute Gasteiger partial charge is 0.495 e. The monoisotopic (exact) mass is 480 g/mol. The van der Waals surface area contributed by atoms with Gasteiger partial charge >= 0.3 is 0 Å². The Hall–Kier alpha value is -2.94. The molecule has 2 aromatic rings. The van der Waals surface area contributed by atoms with Gasteiger partial charge in [-0.05, 0) is 24.6 Å². The highest BCUT2D eigenvalue weighted by Crippen LogP contribution is 2.40. The van der Waals surface area contributed by atoms with Crippen LogP contribution in [0, 0.1) is 0 Å². The third kappa shape index (κ3) is 5.35. The number of anilines is 2. The lowest BCUT2D eigenvalue weighted by Crippen LogP contribution is -2.22. The van der Waals surface area contributed by atoms with E-state index in [4.69, 9.17) is 18.9 Å². The van der Waals surface area contributed by atoms with E-state index in [0.29, 0.717) is 46.4 Å². The number of amides is 2. The molecule has 1 unspecified atom stereocenters. The van der Waals surface area contributed by atoms with E-state index < -0.39 is 0 Å². The van der Waals surface area contributed by atoms with E-state index in [9.17, 15) is 9.59 Å². The predicted molar refractivity (Wildman–Crippen MR) is 119 cm³/mol. The van der Waals surface area contributed by atoms with E-state index in [1.54, 1.807) is 30.3 Å². The van der Waals surface area contributed by atoms with Crippen LogP contribution in [0.5, 0.6) is 23.0 Å². The van der Waals surface area contributed by atoms with Crippen molar-refractivity contribution < 1.29 is 28.5 Å². The van der Waals surface area contributed by atoms with Crippen LogP contribution in [0.25, 0.3) is 0 Å². The molecule has 1 atom stereocenters. The molecule has 0 saturated heterocycles. The third-order valence-electron chi connectivity index (χ3n) is 4.29. The molecule has 0 saturated carbocycles. The van der Waals surface area contributed by atoms with Crippen LogP contribution in [0.15, 0.2) is 30.3 Å². The number of carbonyl (C=O) groups excluding carboxylic acids is 2. The third-order valence-corrected chi connectivity index (χ3v) is 5.35. The molecule has 0 bridgehead atoms. The molecule has 0 fully saturated rings. The van der Waals surface area contributed by atoms with Crippen molar-refractivity contribution in [3.8, 4) is 23.0 Å². The number of carbonyl (C=O) groups is 2. The summed E-state index contributed by atoms with van der Waals surface area (Å²) in [4.78, 5) is 24.7. The van der Waals surface area contributed by atoms with E-state index in [1.807, 2.05) is 6.92 Å². The highest BCUT2D eigenvalue weighted by Gasteiger charge is 2.18. The van der Waals surface area contributed by atoms with Crippen LogP contribution in [0.1, 0.15) is 23.7 Å². The Morgan fingerprint density at radius 1 is 0.900 bits per heavy atom. The van der Waals surface area contributed by atoms with Crippen LogP contribution in [-0.2, 0) is 4.79 Å². The first-order chi connectivity index (χ1) is 14.4. The van der Waals surface area contributed by atoms with E-state index in [1.165, 1.54) is 28.4 Å². The molecule has 0 aliphatic heterocycles. The fraction of sp³-hybridized carbons (Fsp3) is 0.333. The number of alkyl halides is 1. The van der Waals surface area contributed by atoms with Crippen molar-refractivity contribution in [1.29, 1.82) is 0 Å². The molecule has 2 amide bonds. The van der Waals surface area contributed by atoms with Crippen molar-refractivity contribution in [3.63, 3.8) is 0 Å². The van der Waals surface area contributed by atoms with Crippen molar-refractivity contribution in [2.24, 2.45) is 0 Å². The second-order valence-corrected chi connectivity index (χ2v) is 7.25. The first-order valence-electron chi connectivity index (χ1n) is 9.12. The second kappa shape index (κ2) is 10.7. The Kier molecular flexibility index (Phi) is 8.35. The zero-order valence-electron chi connectivity index (χ0n) is 17.5. The van der Waals surface area contributed by atoms with Crippen LogP contribution in [0.3, 0.4) is 0 Å². The fourth-order valence-electron chi connectivity index (χ4n) is 2.70. The number of benzene rings is 2. The van der Waals surface area contributed by atoms with Gasteiger partial charge in [0.15, 0.2) is 11.5 Å². The molecule has 2 rings (SSSR count). The summed E-state index contributed by atoms with van der Waals surface area (Å²) in [6.45, 7) is 1.89. The lowest BCUT2D eigenvalue weighted by atomic mass is 10.1. The Bertz CT molecular complexity index is 893. The highest BCUT2D eigenvalue weighted by molar-refractivity contribution is 9.10. The lowest BCUT2D eigenvalue weighted by molar-refractivity contribution is -0.115. The van der Waals surface area contributed by atoms with Crippen molar-refractivity contribution in [1.82, 2.24) is 0 Å². The Morgan fingerprint density at radius 2 is 1.50 bits per heavy atom. The van der Waals surface area contributed by atoms with Gasteiger partial charge in [-0.15, -0.1) is 0 Å². The van der Waals surface area contributed by atoms with Gasteiger partial charge in [0.2, 0.25) is 11.7 Å². The molecule has 2 aromatic carbocycles. The first kappa shape index (κ1) is 23.3. The van der Waals surface area contributed by atoms with Gasteiger partial charge in [-0.1, -0.05) is 22.9 Å². The average Bonchev–Trinajstić information content (AvgIpc) is 2.77. The van der Waals surface area contributed by atoms with E-state index in [0.717, 1.165) is 0 Å². The average molecular weight is 481 g/mol. The molecule has 0 aromatic heterocycles. The summed E-state index contributed by atoms with van der Waals surface area (Å²) in [7, 11) is 5.98. The maximum atomic E-state index is 12.8. The van der Waals surface area contributed by atoms with Crippen LogP contribution in [-0.4, -0.2) is 45.1 Å². The van der Waals surface area contributed by atoms with E-state index in [-0.39, 0.29) is 16.6 Å². The van der Waals surface area contributed by atoms with E-state index >= 15 is 0 Å². The smallest absolute Gasteiger partial charge is 0.255 e. The molecule has 0 aliphatic rings. The molecule has 8 nitrogen and oxygen atoms in total. The summed E-state index contributed by atoms with van der Waals surface area (Å²) in [5, 5.41) is 5.57. The SMILES string of the molecule is CCC(Br)C(=O)Nc1cc(C(=O)Nc2cc(OC)c(OC)c(OC)c2)ccc1OC. The summed E-state index contributed by atoms with van der Waals surface area (Å²) < 4.78 is 21.2. The Balaban J connectivity index is 2.31. The van der Waals surface area contributed by atoms with Crippen LogP contribution < -0.4 is 29.6 Å². The van der Waals surface area contributed by atoms with E-state index in [2.05, 4.69) is 26.6 Å². The van der Waals surface area contributed by atoms with Gasteiger partial charge in [-0.3, -0.25) is 9.59 Å². The van der Waals surface area contributed by atoms with Crippen molar-refractivity contribution in [2.75, 3.05) is 39.1 Å². The normalized spacial score (nSPS) is 11.3. The molecule has 0 heterocycles. The van der Waals surface area contributed by atoms with Gasteiger partial charge in [0.05, 0.1) is 39.0 Å². The summed E-state index contributed by atoms with van der Waals surface area (Å²) in [6, 6.07) is 8.03. The van der Waals surface area contributed by atoms with Crippen LogP contribution >= 0.6 is 15.9 Å². The Labute approximate surface area is 184 Å². The molecular weight excluding hydrogens is 456 g/mol. The second-order valence-electron chi connectivity index (χ2n) is 6.15. The topological polar surface area (TPSA) is 95.1 Å². The van der Waals surface area contributed by atoms with Crippen LogP contribution in [0.4, 0.5) is 11.4 Å². The summed E-state index contributed by atoms with van der Waals surface area (Å²) in [5.41, 5.74) is 1.20. The highest BCUT2D eigenvalue weighted by atomic mass is 79.9. The van der Waals surface area contributed by atoms with Gasteiger partial charge in [0, 0.05) is 23.4 Å². The zero-order chi connectivity index (χ0) is 22.3. The fourth-order valence-corrected chi connectivity index (χ4v) is 2.81. The Morgan fingerprint density at radius 3 is 2.00 bits per heavy atom. The molecule has 0 spiro atoms. The zero-order valence-corrected chi connectivity index (χ0v) is 19.1. The van der Waals surface area contributed by atoms with Gasteiger partial charge in [-0.25, -0.2) is 0 Å². The standard InChI is InChI=1S/C21H25BrN2O6/c1-6-14(22)21(26)24-15-9-12(7-8-16(15)27-2)20(25)23-13-10-17(28-3)19(30-5)18(11-13)29-4/h7-11,14H,6H2,1-5H3,(H,23,25)(H,24,26). The lowest BCUT2D eigenvalue weighted by Gasteiger charge is -2.16. The van der Waals surface area contributed by atoms with Gasteiger partial charge in [0.1, 0.15) is 5.75 Å². The number of ether oxygens (including phenoxy) is 4. The van der Waals surface area contributed by atoms with Gasteiger partial charge in [0.25, 0.3) is 5.91 Å². The molecule has 162 valence electrons.